The first kappa shape index (κ1) is 20.9. The van der Waals surface area contributed by atoms with Gasteiger partial charge in [0, 0.05) is 53.6 Å². The molecule has 6 nitrogen and oxygen atoms in total. The normalized spacial score (nSPS) is 18.8. The van der Waals surface area contributed by atoms with Crippen molar-refractivity contribution in [1.29, 1.82) is 0 Å². The molecule has 0 aliphatic carbocycles. The van der Waals surface area contributed by atoms with Gasteiger partial charge in [-0.1, -0.05) is 26.8 Å². The zero-order chi connectivity index (χ0) is 22.9. The van der Waals surface area contributed by atoms with E-state index < -0.39 is 0 Å². The minimum absolute atomic E-state index is 0.358. The SMILES string of the molecule is Cc1c(-c2[nH]c3ccc(C4CN(CC5(C)COC5)C4)cc3c2C(C)C)cn2cnnc2c1C. The van der Waals surface area contributed by atoms with Gasteiger partial charge in [0.2, 0.25) is 0 Å². The Hall–Kier alpha value is -2.70. The number of hydrogen-bond acceptors (Lipinski definition) is 4. The molecule has 2 saturated heterocycles. The van der Waals surface area contributed by atoms with Gasteiger partial charge in [0.15, 0.2) is 5.65 Å². The van der Waals surface area contributed by atoms with Crippen molar-refractivity contribution in [3.05, 3.63) is 53.0 Å². The lowest BCUT2D eigenvalue weighted by molar-refractivity contribution is -0.122. The molecule has 3 aromatic heterocycles. The third-order valence-electron chi connectivity index (χ3n) is 7.79. The number of rotatable bonds is 5. The molecule has 0 radical (unpaired) electrons. The Bertz CT molecular complexity index is 1350. The Balaban J connectivity index is 1.37. The van der Waals surface area contributed by atoms with Gasteiger partial charge in [-0.2, -0.15) is 0 Å². The second-order valence-electron chi connectivity index (χ2n) is 10.9. The summed E-state index contributed by atoms with van der Waals surface area (Å²) in [6.45, 7) is 16.5. The molecule has 5 heterocycles. The quantitative estimate of drug-likeness (QED) is 0.469. The Labute approximate surface area is 195 Å². The van der Waals surface area contributed by atoms with E-state index in [-0.39, 0.29) is 0 Å². The van der Waals surface area contributed by atoms with Gasteiger partial charge in [-0.15, -0.1) is 10.2 Å². The predicted molar refractivity (Wildman–Crippen MR) is 132 cm³/mol. The molecule has 6 rings (SSSR count). The van der Waals surface area contributed by atoms with Crippen LogP contribution in [0.5, 0.6) is 0 Å². The van der Waals surface area contributed by atoms with Crippen molar-refractivity contribution < 1.29 is 4.74 Å². The number of likely N-dealkylation sites (tertiary alicyclic amines) is 1. The summed E-state index contributed by atoms with van der Waals surface area (Å²) in [6, 6.07) is 7.05. The first-order chi connectivity index (χ1) is 15.8. The summed E-state index contributed by atoms with van der Waals surface area (Å²) >= 11 is 0. The largest absolute Gasteiger partial charge is 0.380 e. The molecular formula is C27H33N5O. The Morgan fingerprint density at radius 2 is 1.97 bits per heavy atom. The summed E-state index contributed by atoms with van der Waals surface area (Å²) < 4.78 is 7.47. The fourth-order valence-electron chi connectivity index (χ4n) is 5.75. The topological polar surface area (TPSA) is 58.5 Å². The number of nitrogens with zero attached hydrogens (tertiary/aromatic N) is 4. The van der Waals surface area contributed by atoms with Crippen molar-refractivity contribution in [2.45, 2.75) is 46.5 Å². The molecule has 0 unspecified atom stereocenters. The summed E-state index contributed by atoms with van der Waals surface area (Å²) in [6.07, 6.45) is 3.96. The molecule has 6 heteroatoms. The van der Waals surface area contributed by atoms with Crippen LogP contribution < -0.4 is 0 Å². The monoisotopic (exact) mass is 443 g/mol. The third kappa shape index (κ3) is 3.30. The molecule has 1 aromatic carbocycles. The molecule has 0 spiro atoms. The van der Waals surface area contributed by atoms with E-state index in [4.69, 9.17) is 4.74 Å². The van der Waals surface area contributed by atoms with Crippen LogP contribution in [0.1, 0.15) is 54.9 Å². The fraction of sp³-hybridized carbons (Fsp3) is 0.481. The molecule has 0 atom stereocenters. The molecule has 0 bridgehead atoms. The minimum Gasteiger partial charge on any atom is -0.380 e. The van der Waals surface area contributed by atoms with E-state index in [1.54, 1.807) is 6.33 Å². The summed E-state index contributed by atoms with van der Waals surface area (Å²) in [5.74, 6) is 1.03. The lowest BCUT2D eigenvalue weighted by Crippen LogP contribution is -2.55. The zero-order valence-electron chi connectivity index (χ0n) is 20.3. The maximum Gasteiger partial charge on any atom is 0.163 e. The molecule has 2 aliphatic heterocycles. The summed E-state index contributed by atoms with van der Waals surface area (Å²) in [5, 5.41) is 9.76. The van der Waals surface area contributed by atoms with Gasteiger partial charge in [0.1, 0.15) is 6.33 Å². The number of hydrogen-bond donors (Lipinski definition) is 1. The van der Waals surface area contributed by atoms with Gasteiger partial charge in [-0.3, -0.25) is 4.40 Å². The maximum atomic E-state index is 5.44. The molecule has 0 saturated carbocycles. The molecule has 172 valence electrons. The van der Waals surface area contributed by atoms with Gasteiger partial charge in [-0.05, 0) is 54.2 Å². The van der Waals surface area contributed by atoms with Crippen molar-refractivity contribution in [3.63, 3.8) is 0 Å². The smallest absolute Gasteiger partial charge is 0.163 e. The van der Waals surface area contributed by atoms with Crippen molar-refractivity contribution >= 4 is 16.6 Å². The highest BCUT2D eigenvalue weighted by atomic mass is 16.5. The van der Waals surface area contributed by atoms with Crippen LogP contribution in [0.3, 0.4) is 0 Å². The summed E-state index contributed by atoms with van der Waals surface area (Å²) in [5.41, 5.74) is 10.3. The predicted octanol–water partition coefficient (Wildman–Crippen LogP) is 5.05. The van der Waals surface area contributed by atoms with Crippen LogP contribution in [0.4, 0.5) is 0 Å². The van der Waals surface area contributed by atoms with E-state index in [0.29, 0.717) is 17.3 Å². The maximum absolute atomic E-state index is 5.44. The highest BCUT2D eigenvalue weighted by Crippen LogP contribution is 2.40. The summed E-state index contributed by atoms with van der Waals surface area (Å²) in [4.78, 5) is 6.35. The van der Waals surface area contributed by atoms with Crippen molar-refractivity contribution in [1.82, 2.24) is 24.5 Å². The number of fused-ring (bicyclic) bond motifs is 2. The highest BCUT2D eigenvalue weighted by molar-refractivity contribution is 5.92. The average Bonchev–Trinajstić information content (AvgIpc) is 3.35. The molecule has 4 aromatic rings. The second-order valence-corrected chi connectivity index (χ2v) is 10.9. The summed E-state index contributed by atoms with van der Waals surface area (Å²) in [7, 11) is 0. The van der Waals surface area contributed by atoms with Crippen LogP contribution in [0.15, 0.2) is 30.7 Å². The number of nitrogens with one attached hydrogen (secondary N) is 1. The second kappa shape index (κ2) is 7.40. The van der Waals surface area contributed by atoms with Gasteiger partial charge < -0.3 is 14.6 Å². The van der Waals surface area contributed by atoms with Gasteiger partial charge in [0.25, 0.3) is 0 Å². The van der Waals surface area contributed by atoms with E-state index in [1.807, 2.05) is 4.40 Å². The molecule has 2 fully saturated rings. The molecule has 33 heavy (non-hydrogen) atoms. The molecule has 1 N–H and O–H groups in total. The van der Waals surface area contributed by atoms with E-state index >= 15 is 0 Å². The number of aromatic nitrogens is 4. The number of aryl methyl sites for hydroxylation is 1. The standard InChI is InChI=1S/C27H33N5O/c1-16(2)24-21-8-19(20-9-31(10-20)12-27(5)13-33-14-27)6-7-23(21)29-25(24)22-11-32-15-28-30-26(32)18(4)17(22)3/h6-8,11,15-16,20,29H,9-10,12-14H2,1-5H3. The number of ether oxygens (including phenoxy) is 1. The van der Waals surface area contributed by atoms with Crippen LogP contribution in [-0.2, 0) is 4.74 Å². The fourth-order valence-corrected chi connectivity index (χ4v) is 5.75. The average molecular weight is 444 g/mol. The van der Waals surface area contributed by atoms with Crippen LogP contribution in [0.25, 0.3) is 27.8 Å². The molecule has 0 amide bonds. The minimum atomic E-state index is 0.358. The Morgan fingerprint density at radius 1 is 1.18 bits per heavy atom. The van der Waals surface area contributed by atoms with Crippen LogP contribution >= 0.6 is 0 Å². The van der Waals surface area contributed by atoms with Gasteiger partial charge in [-0.25, -0.2) is 0 Å². The zero-order valence-corrected chi connectivity index (χ0v) is 20.3. The van der Waals surface area contributed by atoms with Gasteiger partial charge >= 0.3 is 0 Å². The van der Waals surface area contributed by atoms with E-state index in [0.717, 1.165) is 38.5 Å². The lowest BCUT2D eigenvalue weighted by atomic mass is 9.83. The number of pyridine rings is 1. The highest BCUT2D eigenvalue weighted by Gasteiger charge is 2.39. The first-order valence-corrected chi connectivity index (χ1v) is 12.1. The van der Waals surface area contributed by atoms with Crippen molar-refractivity contribution in [3.8, 4) is 11.3 Å². The lowest BCUT2D eigenvalue weighted by Gasteiger charge is -2.47. The third-order valence-corrected chi connectivity index (χ3v) is 7.79. The Morgan fingerprint density at radius 3 is 2.67 bits per heavy atom. The Kier molecular flexibility index (Phi) is 4.68. The number of aromatic amines is 1. The first-order valence-electron chi connectivity index (χ1n) is 12.1. The number of H-pyrrole nitrogens is 1. The van der Waals surface area contributed by atoms with Crippen LogP contribution in [-0.4, -0.2) is 57.3 Å². The van der Waals surface area contributed by atoms with E-state index in [9.17, 15) is 0 Å². The number of benzene rings is 1. The van der Waals surface area contributed by atoms with Crippen molar-refractivity contribution in [2.75, 3.05) is 32.8 Å². The molecular weight excluding hydrogens is 410 g/mol. The van der Waals surface area contributed by atoms with Crippen LogP contribution in [0, 0.1) is 19.3 Å². The van der Waals surface area contributed by atoms with E-state index in [2.05, 4.69) is 79.1 Å². The van der Waals surface area contributed by atoms with Gasteiger partial charge in [0.05, 0.1) is 18.9 Å². The van der Waals surface area contributed by atoms with E-state index in [1.165, 1.54) is 44.4 Å². The van der Waals surface area contributed by atoms with Crippen molar-refractivity contribution in [2.24, 2.45) is 5.41 Å². The van der Waals surface area contributed by atoms with Crippen LogP contribution in [0.2, 0.25) is 0 Å². The molecule has 2 aliphatic rings.